The second-order valence-electron chi connectivity index (χ2n) is 5.66. The van der Waals surface area contributed by atoms with E-state index >= 15 is 0 Å². The van der Waals surface area contributed by atoms with Crippen molar-refractivity contribution in [2.24, 2.45) is 10.5 Å². The minimum absolute atomic E-state index is 0.358. The monoisotopic (exact) mass is 211 g/mol. The summed E-state index contributed by atoms with van der Waals surface area (Å²) in [5, 5.41) is 6.68. The van der Waals surface area contributed by atoms with Gasteiger partial charge in [-0.15, -0.1) is 0 Å². The van der Waals surface area contributed by atoms with Crippen LogP contribution in [-0.4, -0.2) is 36.0 Å². The van der Waals surface area contributed by atoms with Crippen LogP contribution in [-0.2, 0) is 0 Å². The smallest absolute Gasteiger partial charge is 0.119 e. The van der Waals surface area contributed by atoms with Crippen molar-refractivity contribution in [3.63, 3.8) is 0 Å². The molecule has 0 aromatic carbocycles. The third-order valence-corrected chi connectivity index (χ3v) is 2.73. The first-order valence-corrected chi connectivity index (χ1v) is 5.97. The van der Waals surface area contributed by atoms with Crippen molar-refractivity contribution < 1.29 is 0 Å². The average Bonchev–Trinajstić information content (AvgIpc) is 2.43. The van der Waals surface area contributed by atoms with Gasteiger partial charge in [0.1, 0.15) is 12.5 Å². The van der Waals surface area contributed by atoms with Crippen LogP contribution in [0, 0.1) is 5.41 Å². The van der Waals surface area contributed by atoms with Crippen LogP contribution in [0.5, 0.6) is 0 Å². The summed E-state index contributed by atoms with van der Waals surface area (Å²) in [4.78, 5) is 2.22. The Balaban J connectivity index is 2.52. The van der Waals surface area contributed by atoms with E-state index in [2.05, 4.69) is 49.8 Å². The number of hydrogen-bond donors (Lipinski definition) is 0. The molecule has 1 aliphatic rings. The molecule has 0 aromatic rings. The molecule has 0 fully saturated rings. The Hall–Kier alpha value is -0.730. The number of hydrazone groups is 1. The van der Waals surface area contributed by atoms with Gasteiger partial charge in [0.25, 0.3) is 0 Å². The van der Waals surface area contributed by atoms with Crippen LogP contribution in [0.3, 0.4) is 0 Å². The van der Waals surface area contributed by atoms with Gasteiger partial charge < -0.3 is 4.90 Å². The van der Waals surface area contributed by atoms with Crippen molar-refractivity contribution in [1.29, 1.82) is 0 Å². The Kier molecular flexibility index (Phi) is 4.00. The topological polar surface area (TPSA) is 18.8 Å². The van der Waals surface area contributed by atoms with Gasteiger partial charge in [-0.05, 0) is 18.3 Å². The molecule has 0 bridgehead atoms. The second kappa shape index (κ2) is 4.86. The predicted octanol–water partition coefficient (Wildman–Crippen LogP) is 2.74. The lowest BCUT2D eigenvalue weighted by atomic mass is 9.90. The molecule has 3 heteroatoms. The molecule has 0 aliphatic carbocycles. The van der Waals surface area contributed by atoms with Crippen molar-refractivity contribution >= 4 is 6.34 Å². The van der Waals surface area contributed by atoms with Crippen molar-refractivity contribution in [3.05, 3.63) is 0 Å². The van der Waals surface area contributed by atoms with Crippen LogP contribution in [0.4, 0.5) is 0 Å². The van der Waals surface area contributed by atoms with E-state index in [0.29, 0.717) is 11.6 Å². The summed E-state index contributed by atoms with van der Waals surface area (Å²) in [6, 6.07) is 0. The van der Waals surface area contributed by atoms with Crippen molar-refractivity contribution in [2.75, 3.05) is 13.6 Å². The number of hydrogen-bond acceptors (Lipinski definition) is 3. The summed E-state index contributed by atoms with van der Waals surface area (Å²) in [5.74, 6) is 0. The standard InChI is InChI=1S/C12H25N3/c1-6-7-8-15-11(9-12(2,3)4)14(5)10-13-15/h10-11H,6-9H2,1-5H3. The fourth-order valence-corrected chi connectivity index (χ4v) is 1.84. The van der Waals surface area contributed by atoms with Gasteiger partial charge in [0.05, 0.1) is 0 Å². The number of unbranched alkanes of at least 4 members (excludes halogenated alkanes) is 1. The molecule has 0 amide bonds. The van der Waals surface area contributed by atoms with Crippen LogP contribution >= 0.6 is 0 Å². The van der Waals surface area contributed by atoms with Gasteiger partial charge in [-0.2, -0.15) is 5.10 Å². The maximum Gasteiger partial charge on any atom is 0.119 e. The fraction of sp³-hybridized carbons (Fsp3) is 0.917. The van der Waals surface area contributed by atoms with Gasteiger partial charge in [0.15, 0.2) is 0 Å². The lowest BCUT2D eigenvalue weighted by molar-refractivity contribution is 0.1000. The normalized spacial score (nSPS) is 21.5. The van der Waals surface area contributed by atoms with Crippen LogP contribution in [0.15, 0.2) is 5.10 Å². The summed E-state index contributed by atoms with van der Waals surface area (Å²) < 4.78 is 0. The summed E-state index contributed by atoms with van der Waals surface area (Å²) in [6.07, 6.45) is 6.03. The minimum Gasteiger partial charge on any atom is -0.343 e. The molecule has 1 aliphatic heterocycles. The van der Waals surface area contributed by atoms with Crippen LogP contribution in [0.2, 0.25) is 0 Å². The highest BCUT2D eigenvalue weighted by Crippen LogP contribution is 2.27. The van der Waals surface area contributed by atoms with Gasteiger partial charge in [-0.25, -0.2) is 0 Å². The Morgan fingerprint density at radius 1 is 1.33 bits per heavy atom. The van der Waals surface area contributed by atoms with E-state index in [1.807, 2.05) is 6.34 Å². The van der Waals surface area contributed by atoms with Gasteiger partial charge >= 0.3 is 0 Å². The third-order valence-electron chi connectivity index (χ3n) is 2.73. The molecule has 0 saturated heterocycles. The van der Waals surface area contributed by atoms with Crippen molar-refractivity contribution in [2.45, 2.75) is 53.1 Å². The lowest BCUT2D eigenvalue weighted by Crippen LogP contribution is -2.40. The van der Waals surface area contributed by atoms with Crippen LogP contribution in [0.1, 0.15) is 47.0 Å². The molecule has 15 heavy (non-hydrogen) atoms. The zero-order valence-corrected chi connectivity index (χ0v) is 10.8. The van der Waals surface area contributed by atoms with Gasteiger partial charge in [0, 0.05) is 13.6 Å². The highest BCUT2D eigenvalue weighted by atomic mass is 15.6. The van der Waals surface area contributed by atoms with E-state index in [0.717, 1.165) is 13.0 Å². The molecule has 0 aromatic heterocycles. The molecule has 1 heterocycles. The maximum absolute atomic E-state index is 4.45. The summed E-state index contributed by atoms with van der Waals surface area (Å²) in [7, 11) is 2.12. The van der Waals surface area contributed by atoms with Crippen molar-refractivity contribution in [1.82, 2.24) is 9.91 Å². The Morgan fingerprint density at radius 2 is 2.00 bits per heavy atom. The molecular weight excluding hydrogens is 186 g/mol. The molecule has 1 unspecified atom stereocenters. The molecular formula is C12H25N3. The molecule has 0 N–H and O–H groups in total. The van der Waals surface area contributed by atoms with E-state index in [1.165, 1.54) is 12.8 Å². The average molecular weight is 211 g/mol. The highest BCUT2D eigenvalue weighted by molar-refractivity contribution is 5.56. The van der Waals surface area contributed by atoms with E-state index in [9.17, 15) is 0 Å². The summed E-state index contributed by atoms with van der Waals surface area (Å²) in [5.41, 5.74) is 0.358. The van der Waals surface area contributed by atoms with E-state index < -0.39 is 0 Å². The SMILES string of the molecule is CCCCN1N=CN(C)C1CC(C)(C)C. The summed E-state index contributed by atoms with van der Waals surface area (Å²) >= 11 is 0. The fourth-order valence-electron chi connectivity index (χ4n) is 1.84. The molecule has 0 spiro atoms. The molecule has 1 atom stereocenters. The maximum atomic E-state index is 4.45. The first kappa shape index (κ1) is 12.3. The number of nitrogens with zero attached hydrogens (tertiary/aromatic N) is 3. The molecule has 1 rings (SSSR count). The zero-order valence-electron chi connectivity index (χ0n) is 10.8. The van der Waals surface area contributed by atoms with Crippen LogP contribution < -0.4 is 0 Å². The number of rotatable bonds is 4. The summed E-state index contributed by atoms with van der Waals surface area (Å²) in [6.45, 7) is 10.2. The zero-order chi connectivity index (χ0) is 11.5. The molecule has 88 valence electrons. The molecule has 3 nitrogen and oxygen atoms in total. The first-order chi connectivity index (χ1) is 6.94. The Bertz CT molecular complexity index is 217. The van der Waals surface area contributed by atoms with Crippen LogP contribution in [0.25, 0.3) is 0 Å². The quantitative estimate of drug-likeness (QED) is 0.712. The first-order valence-electron chi connectivity index (χ1n) is 5.97. The minimum atomic E-state index is 0.358. The van der Waals surface area contributed by atoms with Gasteiger partial charge in [-0.3, -0.25) is 5.01 Å². The third kappa shape index (κ3) is 3.73. The predicted molar refractivity (Wildman–Crippen MR) is 65.7 cm³/mol. The van der Waals surface area contributed by atoms with Gasteiger partial charge in [0.2, 0.25) is 0 Å². The Morgan fingerprint density at radius 3 is 2.53 bits per heavy atom. The van der Waals surface area contributed by atoms with Gasteiger partial charge in [-0.1, -0.05) is 34.1 Å². The van der Waals surface area contributed by atoms with E-state index in [4.69, 9.17) is 0 Å². The lowest BCUT2D eigenvalue weighted by Gasteiger charge is -2.33. The van der Waals surface area contributed by atoms with Crippen molar-refractivity contribution in [3.8, 4) is 0 Å². The van der Waals surface area contributed by atoms with E-state index in [1.54, 1.807) is 0 Å². The Labute approximate surface area is 94.1 Å². The largest absolute Gasteiger partial charge is 0.343 e. The van der Waals surface area contributed by atoms with E-state index in [-0.39, 0.29) is 0 Å². The highest BCUT2D eigenvalue weighted by Gasteiger charge is 2.28. The molecule has 0 saturated carbocycles. The second-order valence-corrected chi connectivity index (χ2v) is 5.66. The molecule has 0 radical (unpaired) electrons.